The number of nitrogens with zero attached hydrogens (tertiary/aromatic N) is 5. The fraction of sp³-hybridized carbons (Fsp3) is 0.143. The van der Waals surface area contributed by atoms with Crippen molar-refractivity contribution < 1.29 is 13.6 Å². The van der Waals surface area contributed by atoms with Gasteiger partial charge in [0.2, 0.25) is 0 Å². The van der Waals surface area contributed by atoms with Gasteiger partial charge in [0.15, 0.2) is 0 Å². The van der Waals surface area contributed by atoms with Crippen LogP contribution in [0, 0.1) is 11.6 Å². The van der Waals surface area contributed by atoms with Gasteiger partial charge < -0.3 is 5.32 Å². The van der Waals surface area contributed by atoms with Crippen molar-refractivity contribution in [2.75, 3.05) is 5.32 Å². The molecule has 2 aromatic carbocycles. The molecule has 0 saturated carbocycles. The van der Waals surface area contributed by atoms with Crippen molar-refractivity contribution in [3.63, 3.8) is 0 Å². The van der Waals surface area contributed by atoms with Gasteiger partial charge in [-0.15, -0.1) is 0 Å². The van der Waals surface area contributed by atoms with E-state index in [1.807, 2.05) is 19.2 Å². The minimum absolute atomic E-state index is 0.0867. The molecular formula is C21H16F2N6O. The Bertz CT molecular complexity index is 1370. The second-order valence-electron chi connectivity index (χ2n) is 7.08. The summed E-state index contributed by atoms with van der Waals surface area (Å²) < 4.78 is 32.4. The standard InChI is InChI=1S/C21H16F2N6O/c1-28-16(5-6-25-28)20-13-7-12(4-3-11(13)9-24-20)27-21(30)18-15(22)8-17-14(19(18)23)10-26-29(17)2/h3-8,10H,9H2,1-2H3,(H,27,30). The molecule has 0 unspecified atom stereocenters. The molecule has 5 rings (SSSR count). The van der Waals surface area contributed by atoms with Gasteiger partial charge in [0.05, 0.1) is 35.1 Å². The number of aliphatic imine (C=N–C) groups is 1. The zero-order chi connectivity index (χ0) is 21.0. The fourth-order valence-corrected chi connectivity index (χ4v) is 3.71. The average molecular weight is 406 g/mol. The first kappa shape index (κ1) is 18.2. The van der Waals surface area contributed by atoms with Crippen LogP contribution < -0.4 is 5.32 Å². The van der Waals surface area contributed by atoms with E-state index in [-0.39, 0.29) is 10.9 Å². The first-order valence-electron chi connectivity index (χ1n) is 9.21. The van der Waals surface area contributed by atoms with E-state index in [0.717, 1.165) is 28.6 Å². The molecule has 0 aliphatic carbocycles. The van der Waals surface area contributed by atoms with Gasteiger partial charge in [-0.3, -0.25) is 19.2 Å². The summed E-state index contributed by atoms with van der Waals surface area (Å²) in [5.41, 5.74) is 3.50. The number of hydrogen-bond acceptors (Lipinski definition) is 4. The summed E-state index contributed by atoms with van der Waals surface area (Å²) >= 11 is 0. The number of benzene rings is 2. The smallest absolute Gasteiger partial charge is 0.261 e. The molecule has 2 aromatic heterocycles. The van der Waals surface area contributed by atoms with Crippen molar-refractivity contribution >= 4 is 28.2 Å². The molecule has 0 fully saturated rings. The maximum absolute atomic E-state index is 14.8. The van der Waals surface area contributed by atoms with Crippen molar-refractivity contribution in [3.8, 4) is 0 Å². The molecule has 150 valence electrons. The highest BCUT2D eigenvalue weighted by Crippen LogP contribution is 2.28. The topological polar surface area (TPSA) is 77.1 Å². The third-order valence-electron chi connectivity index (χ3n) is 5.26. The van der Waals surface area contributed by atoms with E-state index in [1.54, 1.807) is 30.1 Å². The third kappa shape index (κ3) is 2.70. The fourth-order valence-electron chi connectivity index (χ4n) is 3.71. The Kier molecular flexibility index (Phi) is 3.99. The van der Waals surface area contributed by atoms with Gasteiger partial charge in [-0.05, 0) is 23.8 Å². The lowest BCUT2D eigenvalue weighted by Gasteiger charge is -2.11. The van der Waals surface area contributed by atoms with Crippen LogP contribution in [0.5, 0.6) is 0 Å². The third-order valence-corrected chi connectivity index (χ3v) is 5.26. The number of fused-ring (bicyclic) bond motifs is 2. The van der Waals surface area contributed by atoms with Crippen molar-refractivity contribution in [2.24, 2.45) is 19.1 Å². The molecule has 1 aliphatic rings. The molecule has 1 aliphatic heterocycles. The van der Waals surface area contributed by atoms with Crippen molar-refractivity contribution in [3.05, 3.63) is 76.7 Å². The normalized spacial score (nSPS) is 12.9. The molecule has 0 saturated heterocycles. The first-order chi connectivity index (χ1) is 14.4. The Morgan fingerprint density at radius 1 is 1.10 bits per heavy atom. The summed E-state index contributed by atoms with van der Waals surface area (Å²) in [6, 6.07) is 8.25. The van der Waals surface area contributed by atoms with E-state index in [4.69, 9.17) is 0 Å². The van der Waals surface area contributed by atoms with Crippen molar-refractivity contribution in [1.82, 2.24) is 19.6 Å². The van der Waals surface area contributed by atoms with Gasteiger partial charge in [0.1, 0.15) is 17.2 Å². The SMILES string of the molecule is Cn1nccc1C1=NCc2ccc(NC(=O)c3c(F)cc4c(cnn4C)c3F)cc21. The predicted octanol–water partition coefficient (Wildman–Crippen LogP) is 3.19. The molecule has 0 radical (unpaired) electrons. The summed E-state index contributed by atoms with van der Waals surface area (Å²) in [6.45, 7) is 0.519. The number of amides is 1. The number of hydrogen-bond donors (Lipinski definition) is 1. The van der Waals surface area contributed by atoms with E-state index in [0.29, 0.717) is 12.2 Å². The molecule has 4 aromatic rings. The lowest BCUT2D eigenvalue weighted by atomic mass is 10.0. The van der Waals surface area contributed by atoms with Gasteiger partial charge in [-0.25, -0.2) is 8.78 Å². The number of carbonyl (C=O) groups is 1. The Morgan fingerprint density at radius 3 is 2.70 bits per heavy atom. The van der Waals surface area contributed by atoms with Crippen molar-refractivity contribution in [1.29, 1.82) is 0 Å². The van der Waals surface area contributed by atoms with Gasteiger partial charge >= 0.3 is 0 Å². The van der Waals surface area contributed by atoms with Crippen LogP contribution in [-0.4, -0.2) is 31.2 Å². The van der Waals surface area contributed by atoms with E-state index in [1.165, 1.54) is 10.9 Å². The molecule has 0 spiro atoms. The summed E-state index contributed by atoms with van der Waals surface area (Å²) in [6.07, 6.45) is 2.95. The molecule has 0 atom stereocenters. The number of anilines is 1. The number of rotatable bonds is 3. The summed E-state index contributed by atoms with van der Waals surface area (Å²) in [5, 5.41) is 10.8. The molecule has 1 amide bonds. The van der Waals surface area contributed by atoms with Crippen LogP contribution in [0.3, 0.4) is 0 Å². The zero-order valence-electron chi connectivity index (χ0n) is 16.1. The van der Waals surface area contributed by atoms with Gasteiger partial charge in [-0.1, -0.05) is 6.07 Å². The molecule has 1 N–H and O–H groups in total. The first-order valence-corrected chi connectivity index (χ1v) is 9.21. The van der Waals surface area contributed by atoms with Crippen LogP contribution in [0.1, 0.15) is 27.2 Å². The zero-order valence-corrected chi connectivity index (χ0v) is 16.1. The number of carbonyl (C=O) groups excluding carboxylic acids is 1. The van der Waals surface area contributed by atoms with Gasteiger partial charge in [0, 0.05) is 37.6 Å². The quantitative estimate of drug-likeness (QED) is 0.568. The summed E-state index contributed by atoms with van der Waals surface area (Å²) in [5.74, 6) is -2.75. The summed E-state index contributed by atoms with van der Waals surface area (Å²) in [7, 11) is 3.40. The molecule has 9 heteroatoms. The maximum atomic E-state index is 14.8. The molecule has 0 bridgehead atoms. The van der Waals surface area contributed by atoms with E-state index in [2.05, 4.69) is 20.5 Å². The van der Waals surface area contributed by atoms with Gasteiger partial charge in [0.25, 0.3) is 5.91 Å². The second kappa shape index (κ2) is 6.58. The minimum Gasteiger partial charge on any atom is -0.322 e. The number of nitrogens with one attached hydrogen (secondary N) is 1. The Labute approximate surface area is 169 Å². The number of aryl methyl sites for hydroxylation is 2. The number of halogens is 2. The van der Waals surface area contributed by atoms with Crippen LogP contribution >= 0.6 is 0 Å². The molecule has 30 heavy (non-hydrogen) atoms. The minimum atomic E-state index is -0.945. The van der Waals surface area contributed by atoms with Gasteiger partial charge in [-0.2, -0.15) is 10.2 Å². The Hall–Kier alpha value is -3.88. The van der Waals surface area contributed by atoms with E-state index < -0.39 is 23.1 Å². The molecule has 3 heterocycles. The van der Waals surface area contributed by atoms with Crippen molar-refractivity contribution in [2.45, 2.75) is 6.54 Å². The second-order valence-corrected chi connectivity index (χ2v) is 7.08. The van der Waals surface area contributed by atoms with Crippen LogP contribution in [0.15, 0.2) is 47.7 Å². The average Bonchev–Trinajstić information content (AvgIpc) is 3.41. The summed E-state index contributed by atoms with van der Waals surface area (Å²) in [4.78, 5) is 17.3. The largest absolute Gasteiger partial charge is 0.322 e. The molecular weight excluding hydrogens is 390 g/mol. The highest BCUT2D eigenvalue weighted by atomic mass is 19.1. The van der Waals surface area contributed by atoms with Crippen LogP contribution in [0.4, 0.5) is 14.5 Å². The van der Waals surface area contributed by atoms with E-state index in [9.17, 15) is 13.6 Å². The molecule has 7 nitrogen and oxygen atoms in total. The Balaban J connectivity index is 1.49. The van der Waals surface area contributed by atoms with E-state index >= 15 is 0 Å². The lowest BCUT2D eigenvalue weighted by Crippen LogP contribution is -2.17. The lowest BCUT2D eigenvalue weighted by molar-refractivity contribution is 0.101. The van der Waals surface area contributed by atoms with Crippen LogP contribution in [0.25, 0.3) is 10.9 Å². The maximum Gasteiger partial charge on any atom is 0.261 e. The number of aromatic nitrogens is 4. The predicted molar refractivity (Wildman–Crippen MR) is 108 cm³/mol. The highest BCUT2D eigenvalue weighted by molar-refractivity contribution is 6.15. The monoisotopic (exact) mass is 406 g/mol. The van der Waals surface area contributed by atoms with Crippen LogP contribution in [0.2, 0.25) is 0 Å². The van der Waals surface area contributed by atoms with Crippen LogP contribution in [-0.2, 0) is 20.6 Å². The highest BCUT2D eigenvalue weighted by Gasteiger charge is 2.24. The Morgan fingerprint density at radius 2 is 1.93 bits per heavy atom.